The van der Waals surface area contributed by atoms with Crippen LogP contribution in [-0.4, -0.2) is 42.9 Å². The zero-order valence-corrected chi connectivity index (χ0v) is 15.6. The lowest BCUT2D eigenvalue weighted by Crippen LogP contribution is -2.45. The van der Waals surface area contributed by atoms with Gasteiger partial charge in [-0.05, 0) is 54.6 Å². The summed E-state index contributed by atoms with van der Waals surface area (Å²) in [6, 6.07) is 3.87. The maximum Gasteiger partial charge on any atom is 0.377 e. The molecule has 1 amide bonds. The van der Waals surface area contributed by atoms with E-state index in [1.54, 1.807) is 0 Å². The maximum atomic E-state index is 14.5. The number of hydrogen-bond acceptors (Lipinski definition) is 5. The Morgan fingerprint density at radius 2 is 1.67 bits per heavy atom. The van der Waals surface area contributed by atoms with Crippen molar-refractivity contribution < 1.29 is 27.9 Å². The molecule has 0 saturated heterocycles. The fraction of sp³-hybridized carbons (Fsp3) is 0.167. The van der Waals surface area contributed by atoms with Crippen LogP contribution in [0.15, 0.2) is 41.2 Å². The standard InChI is InChI=1S/C18H14F3N5O4/c1-9(2)24(14-7-6-10(16(27)28)8-13(14)21)17(29)26-18(30)25(22-23-26)15-11(19)4-3-5-12(15)20/h3-9H,1-2H3,(H,27,28). The van der Waals surface area contributed by atoms with Crippen molar-refractivity contribution in [2.45, 2.75) is 19.9 Å². The molecule has 1 heterocycles. The van der Waals surface area contributed by atoms with Gasteiger partial charge in [-0.2, -0.15) is 4.68 Å². The molecule has 0 aliphatic heterocycles. The van der Waals surface area contributed by atoms with Crippen LogP contribution in [0.1, 0.15) is 24.2 Å². The van der Waals surface area contributed by atoms with E-state index in [4.69, 9.17) is 5.11 Å². The van der Waals surface area contributed by atoms with Crippen molar-refractivity contribution in [1.82, 2.24) is 19.8 Å². The number of aromatic nitrogens is 4. The summed E-state index contributed by atoms with van der Waals surface area (Å²) in [7, 11) is 0. The Hall–Kier alpha value is -3.96. The molecule has 1 aromatic heterocycles. The molecule has 0 spiro atoms. The van der Waals surface area contributed by atoms with Gasteiger partial charge < -0.3 is 5.11 Å². The zero-order chi connectivity index (χ0) is 22.2. The number of carbonyl (C=O) groups excluding carboxylic acids is 1. The van der Waals surface area contributed by atoms with Gasteiger partial charge in [-0.25, -0.2) is 27.6 Å². The van der Waals surface area contributed by atoms with Crippen LogP contribution in [0.3, 0.4) is 0 Å². The summed E-state index contributed by atoms with van der Waals surface area (Å²) in [5.74, 6) is -4.60. The summed E-state index contributed by atoms with van der Waals surface area (Å²) in [5, 5.41) is 15.6. The second-order valence-electron chi connectivity index (χ2n) is 6.37. The number of amides is 1. The maximum absolute atomic E-state index is 14.5. The van der Waals surface area contributed by atoms with Crippen molar-refractivity contribution >= 4 is 17.7 Å². The first kappa shape index (κ1) is 20.8. The molecule has 3 aromatic rings. The Labute approximate surface area is 166 Å². The summed E-state index contributed by atoms with van der Waals surface area (Å²) in [4.78, 5) is 37.3. The molecule has 0 aliphatic carbocycles. The number of benzene rings is 2. The van der Waals surface area contributed by atoms with Crippen molar-refractivity contribution in [1.29, 1.82) is 0 Å². The van der Waals surface area contributed by atoms with E-state index in [9.17, 15) is 27.6 Å². The predicted octanol–water partition coefficient (Wildman–Crippen LogP) is 2.43. The van der Waals surface area contributed by atoms with Crippen molar-refractivity contribution in [2.75, 3.05) is 4.90 Å². The Morgan fingerprint density at radius 3 is 2.20 bits per heavy atom. The molecule has 12 heteroatoms. The SMILES string of the molecule is CC(C)N(C(=O)n1nnn(-c2c(F)cccc2F)c1=O)c1ccc(C(=O)O)cc1F. The minimum absolute atomic E-state index is 0.219. The summed E-state index contributed by atoms with van der Waals surface area (Å²) in [6.07, 6.45) is 0. The van der Waals surface area contributed by atoms with E-state index in [0.29, 0.717) is 6.07 Å². The van der Waals surface area contributed by atoms with Crippen molar-refractivity contribution in [3.05, 3.63) is 69.9 Å². The molecule has 3 rings (SSSR count). The number of carbonyl (C=O) groups is 2. The van der Waals surface area contributed by atoms with E-state index in [1.165, 1.54) is 13.8 Å². The van der Waals surface area contributed by atoms with Crippen LogP contribution < -0.4 is 10.6 Å². The van der Waals surface area contributed by atoms with E-state index in [-0.39, 0.29) is 20.6 Å². The van der Waals surface area contributed by atoms with Gasteiger partial charge in [0.1, 0.15) is 11.5 Å². The normalized spacial score (nSPS) is 11.0. The first-order chi connectivity index (χ1) is 14.1. The average molecular weight is 421 g/mol. The lowest BCUT2D eigenvalue weighted by Gasteiger charge is -2.26. The minimum atomic E-state index is -1.37. The van der Waals surface area contributed by atoms with Gasteiger partial charge in [0.2, 0.25) is 0 Å². The first-order valence-corrected chi connectivity index (χ1v) is 8.49. The third-order valence-electron chi connectivity index (χ3n) is 4.09. The van der Waals surface area contributed by atoms with Gasteiger partial charge in [0.15, 0.2) is 11.6 Å². The van der Waals surface area contributed by atoms with Crippen LogP contribution in [0, 0.1) is 17.5 Å². The third-order valence-corrected chi connectivity index (χ3v) is 4.09. The second kappa shape index (κ2) is 7.81. The monoisotopic (exact) mass is 421 g/mol. The fourth-order valence-corrected chi connectivity index (χ4v) is 2.74. The fourth-order valence-electron chi connectivity index (χ4n) is 2.74. The molecule has 0 radical (unpaired) electrons. The quantitative estimate of drug-likeness (QED) is 0.648. The van der Waals surface area contributed by atoms with Gasteiger partial charge >= 0.3 is 17.7 Å². The van der Waals surface area contributed by atoms with Crippen LogP contribution >= 0.6 is 0 Å². The largest absolute Gasteiger partial charge is 0.478 e. The summed E-state index contributed by atoms with van der Waals surface area (Å²) in [5.41, 5.74) is -2.77. The molecule has 0 atom stereocenters. The van der Waals surface area contributed by atoms with E-state index in [0.717, 1.165) is 35.2 Å². The Morgan fingerprint density at radius 1 is 1.03 bits per heavy atom. The van der Waals surface area contributed by atoms with Gasteiger partial charge in [-0.15, -0.1) is 4.68 Å². The highest BCUT2D eigenvalue weighted by Gasteiger charge is 2.28. The van der Waals surface area contributed by atoms with Crippen LogP contribution in [0.5, 0.6) is 0 Å². The molecular weight excluding hydrogens is 407 g/mol. The van der Waals surface area contributed by atoms with Crippen LogP contribution in [0.25, 0.3) is 5.69 Å². The van der Waals surface area contributed by atoms with E-state index < -0.39 is 46.9 Å². The molecule has 2 aromatic carbocycles. The Balaban J connectivity index is 2.08. The molecule has 0 unspecified atom stereocenters. The van der Waals surface area contributed by atoms with Crippen molar-refractivity contribution in [3.8, 4) is 5.69 Å². The summed E-state index contributed by atoms with van der Waals surface area (Å²) < 4.78 is 42.9. The van der Waals surface area contributed by atoms with Gasteiger partial charge in [0.05, 0.1) is 11.3 Å². The molecule has 156 valence electrons. The zero-order valence-electron chi connectivity index (χ0n) is 15.6. The third kappa shape index (κ3) is 3.54. The number of anilines is 1. The summed E-state index contributed by atoms with van der Waals surface area (Å²) in [6.45, 7) is 3.02. The highest BCUT2D eigenvalue weighted by atomic mass is 19.1. The molecule has 1 N–H and O–H groups in total. The molecule has 0 bridgehead atoms. The van der Waals surface area contributed by atoms with E-state index >= 15 is 0 Å². The van der Waals surface area contributed by atoms with Gasteiger partial charge in [-0.1, -0.05) is 6.07 Å². The lowest BCUT2D eigenvalue weighted by molar-refractivity contribution is 0.0696. The minimum Gasteiger partial charge on any atom is -0.478 e. The molecule has 0 fully saturated rings. The number of tetrazole rings is 1. The highest BCUT2D eigenvalue weighted by Crippen LogP contribution is 2.23. The lowest BCUT2D eigenvalue weighted by atomic mass is 10.1. The molecule has 0 aliphatic rings. The predicted molar refractivity (Wildman–Crippen MR) is 97.3 cm³/mol. The average Bonchev–Trinajstić information content (AvgIpc) is 3.04. The molecule has 30 heavy (non-hydrogen) atoms. The first-order valence-electron chi connectivity index (χ1n) is 8.49. The van der Waals surface area contributed by atoms with Gasteiger partial charge in [0.25, 0.3) is 0 Å². The number of halogens is 3. The number of para-hydroxylation sites is 1. The molecule has 0 saturated carbocycles. The topological polar surface area (TPSA) is 110 Å². The summed E-state index contributed by atoms with van der Waals surface area (Å²) >= 11 is 0. The Bertz CT molecular complexity index is 1180. The van der Waals surface area contributed by atoms with Crippen LogP contribution in [0.4, 0.5) is 23.7 Å². The number of hydrogen-bond donors (Lipinski definition) is 1. The Kier molecular flexibility index (Phi) is 5.41. The second-order valence-corrected chi connectivity index (χ2v) is 6.37. The van der Waals surface area contributed by atoms with Crippen LogP contribution in [0.2, 0.25) is 0 Å². The van der Waals surface area contributed by atoms with Gasteiger partial charge in [0, 0.05) is 6.04 Å². The van der Waals surface area contributed by atoms with Crippen molar-refractivity contribution in [3.63, 3.8) is 0 Å². The van der Waals surface area contributed by atoms with E-state index in [2.05, 4.69) is 10.4 Å². The van der Waals surface area contributed by atoms with Gasteiger partial charge in [-0.3, -0.25) is 4.90 Å². The highest BCUT2D eigenvalue weighted by molar-refractivity contribution is 5.94. The number of rotatable bonds is 4. The van der Waals surface area contributed by atoms with Crippen LogP contribution in [-0.2, 0) is 0 Å². The number of aromatic carboxylic acids is 1. The molecule has 9 nitrogen and oxygen atoms in total. The smallest absolute Gasteiger partial charge is 0.377 e. The van der Waals surface area contributed by atoms with E-state index in [1.807, 2.05) is 0 Å². The van der Waals surface area contributed by atoms with Crippen molar-refractivity contribution in [2.24, 2.45) is 0 Å². The number of nitrogens with zero attached hydrogens (tertiary/aromatic N) is 5. The number of carboxylic acid groups (broad SMARTS) is 1. The molecular formula is C18H14F3N5O4. The number of carboxylic acids is 1.